The molecule has 1 heterocycles. The summed E-state index contributed by atoms with van der Waals surface area (Å²) in [6, 6.07) is 10.9. The number of aliphatic imine (C=N–C) groups is 1. The van der Waals surface area contributed by atoms with Crippen LogP contribution in [0.25, 0.3) is 6.08 Å². The van der Waals surface area contributed by atoms with Crippen LogP contribution in [0.2, 0.25) is 0 Å². The van der Waals surface area contributed by atoms with Gasteiger partial charge in [0.2, 0.25) is 5.90 Å². The van der Waals surface area contributed by atoms with E-state index in [4.69, 9.17) is 14.2 Å². The molecule has 1 aliphatic rings. The zero-order chi connectivity index (χ0) is 17.1. The monoisotopic (exact) mass is 327 g/mol. The molecule has 0 unspecified atom stereocenters. The van der Waals surface area contributed by atoms with Crippen molar-refractivity contribution >= 4 is 17.9 Å². The van der Waals surface area contributed by atoms with Gasteiger partial charge in [0.1, 0.15) is 17.3 Å². The maximum absolute atomic E-state index is 13.3. The second-order valence-corrected chi connectivity index (χ2v) is 4.99. The van der Waals surface area contributed by atoms with Gasteiger partial charge in [0.25, 0.3) is 0 Å². The molecule has 1 aliphatic heterocycles. The van der Waals surface area contributed by atoms with Crippen LogP contribution in [0, 0.1) is 5.82 Å². The van der Waals surface area contributed by atoms with Gasteiger partial charge in [0.05, 0.1) is 14.2 Å². The van der Waals surface area contributed by atoms with Crippen LogP contribution in [0.5, 0.6) is 11.5 Å². The molecule has 0 fully saturated rings. The molecule has 5 nitrogen and oxygen atoms in total. The van der Waals surface area contributed by atoms with E-state index in [0.29, 0.717) is 22.6 Å². The molecule has 0 N–H and O–H groups in total. The number of benzene rings is 2. The van der Waals surface area contributed by atoms with Crippen molar-refractivity contribution in [3.8, 4) is 11.5 Å². The molecular formula is C18H14FNO4. The second kappa shape index (κ2) is 6.54. The van der Waals surface area contributed by atoms with E-state index in [2.05, 4.69) is 4.99 Å². The summed E-state index contributed by atoms with van der Waals surface area (Å²) in [5.74, 6) is 0.210. The molecule has 0 spiro atoms. The molecule has 0 aromatic heterocycles. The van der Waals surface area contributed by atoms with Crippen LogP contribution in [0.4, 0.5) is 4.39 Å². The van der Waals surface area contributed by atoms with Gasteiger partial charge < -0.3 is 14.2 Å². The number of rotatable bonds is 4. The maximum Gasteiger partial charge on any atom is 0.363 e. The minimum Gasteiger partial charge on any atom is -0.497 e. The van der Waals surface area contributed by atoms with Crippen molar-refractivity contribution in [3.05, 3.63) is 65.1 Å². The van der Waals surface area contributed by atoms with E-state index in [1.54, 1.807) is 30.3 Å². The molecular weight excluding hydrogens is 313 g/mol. The predicted octanol–water partition coefficient (Wildman–Crippen LogP) is 3.19. The molecule has 0 aliphatic carbocycles. The highest BCUT2D eigenvalue weighted by atomic mass is 19.1. The summed E-state index contributed by atoms with van der Waals surface area (Å²) >= 11 is 0. The molecule has 2 aromatic carbocycles. The Morgan fingerprint density at radius 3 is 2.42 bits per heavy atom. The van der Waals surface area contributed by atoms with Crippen molar-refractivity contribution in [1.29, 1.82) is 0 Å². The van der Waals surface area contributed by atoms with Crippen LogP contribution in [-0.2, 0) is 9.53 Å². The number of methoxy groups -OCH3 is 2. The third kappa shape index (κ3) is 3.27. The normalized spacial score (nSPS) is 15.2. The first kappa shape index (κ1) is 15.7. The van der Waals surface area contributed by atoms with Crippen molar-refractivity contribution in [2.24, 2.45) is 4.99 Å². The van der Waals surface area contributed by atoms with Crippen molar-refractivity contribution in [3.63, 3.8) is 0 Å². The molecule has 24 heavy (non-hydrogen) atoms. The largest absolute Gasteiger partial charge is 0.497 e. The van der Waals surface area contributed by atoms with Crippen LogP contribution in [0.1, 0.15) is 11.1 Å². The molecule has 122 valence electrons. The summed E-state index contributed by atoms with van der Waals surface area (Å²) < 4.78 is 28.8. The topological polar surface area (TPSA) is 57.1 Å². The van der Waals surface area contributed by atoms with Gasteiger partial charge in [-0.05, 0) is 42.0 Å². The number of nitrogens with zero attached hydrogens (tertiary/aromatic N) is 1. The van der Waals surface area contributed by atoms with E-state index in [-0.39, 0.29) is 11.6 Å². The smallest absolute Gasteiger partial charge is 0.363 e. The van der Waals surface area contributed by atoms with E-state index < -0.39 is 11.8 Å². The van der Waals surface area contributed by atoms with Gasteiger partial charge >= 0.3 is 5.97 Å². The Hall–Kier alpha value is -3.15. The summed E-state index contributed by atoms with van der Waals surface area (Å²) in [4.78, 5) is 16.1. The van der Waals surface area contributed by atoms with Crippen molar-refractivity contribution < 1.29 is 23.4 Å². The highest BCUT2D eigenvalue weighted by molar-refractivity contribution is 6.12. The summed E-state index contributed by atoms with van der Waals surface area (Å²) in [5.41, 5.74) is 1.18. The highest BCUT2D eigenvalue weighted by Gasteiger charge is 2.24. The van der Waals surface area contributed by atoms with Gasteiger partial charge in [-0.1, -0.05) is 6.07 Å². The van der Waals surface area contributed by atoms with Crippen LogP contribution in [-0.4, -0.2) is 26.1 Å². The quantitative estimate of drug-likeness (QED) is 0.639. The molecule has 0 saturated heterocycles. The highest BCUT2D eigenvalue weighted by Crippen LogP contribution is 2.26. The third-order valence-corrected chi connectivity index (χ3v) is 3.37. The van der Waals surface area contributed by atoms with Gasteiger partial charge in [0.15, 0.2) is 5.70 Å². The van der Waals surface area contributed by atoms with E-state index in [1.165, 1.54) is 32.4 Å². The van der Waals surface area contributed by atoms with Crippen LogP contribution in [0.3, 0.4) is 0 Å². The SMILES string of the molecule is COc1cc(/C=C2\N=C(c3cccc(F)c3)OC2=O)cc(OC)c1. The van der Waals surface area contributed by atoms with Gasteiger partial charge in [0, 0.05) is 11.6 Å². The lowest BCUT2D eigenvalue weighted by atomic mass is 10.1. The van der Waals surface area contributed by atoms with Crippen molar-refractivity contribution in [2.75, 3.05) is 14.2 Å². The van der Waals surface area contributed by atoms with Gasteiger partial charge in [-0.25, -0.2) is 14.2 Å². The Morgan fingerprint density at radius 1 is 1.08 bits per heavy atom. The van der Waals surface area contributed by atoms with E-state index >= 15 is 0 Å². The number of carbonyl (C=O) groups excluding carboxylic acids is 1. The zero-order valence-corrected chi connectivity index (χ0v) is 13.1. The Kier molecular flexibility index (Phi) is 4.29. The standard InChI is InChI=1S/C18H14FNO4/c1-22-14-6-11(7-15(10-14)23-2)8-16-18(21)24-17(20-16)12-4-3-5-13(19)9-12/h3-10H,1-2H3/b16-8-. The number of carbonyl (C=O) groups is 1. The van der Waals surface area contributed by atoms with Crippen LogP contribution in [0.15, 0.2) is 53.2 Å². The lowest BCUT2D eigenvalue weighted by Crippen LogP contribution is -2.05. The number of cyclic esters (lactones) is 1. The predicted molar refractivity (Wildman–Crippen MR) is 86.6 cm³/mol. The van der Waals surface area contributed by atoms with Crippen LogP contribution < -0.4 is 9.47 Å². The van der Waals surface area contributed by atoms with Crippen LogP contribution >= 0.6 is 0 Å². The number of halogens is 1. The van der Waals surface area contributed by atoms with Gasteiger partial charge in [-0.2, -0.15) is 0 Å². The average Bonchev–Trinajstić information content (AvgIpc) is 2.95. The fourth-order valence-corrected chi connectivity index (χ4v) is 2.22. The van der Waals surface area contributed by atoms with Gasteiger partial charge in [-0.3, -0.25) is 0 Å². The first-order chi connectivity index (χ1) is 11.6. The first-order valence-electron chi connectivity index (χ1n) is 7.10. The molecule has 0 saturated carbocycles. The molecule has 3 rings (SSSR count). The second-order valence-electron chi connectivity index (χ2n) is 4.99. The molecule has 0 radical (unpaired) electrons. The van der Waals surface area contributed by atoms with Crippen molar-refractivity contribution in [1.82, 2.24) is 0 Å². The number of esters is 1. The molecule has 0 amide bonds. The van der Waals surface area contributed by atoms with Crippen molar-refractivity contribution in [2.45, 2.75) is 0 Å². The number of hydrogen-bond donors (Lipinski definition) is 0. The Labute approximate surface area is 138 Å². The van der Waals surface area contributed by atoms with E-state index in [1.807, 2.05) is 0 Å². The fourth-order valence-electron chi connectivity index (χ4n) is 2.22. The Bertz CT molecular complexity index is 836. The molecule has 0 bridgehead atoms. The summed E-state index contributed by atoms with van der Waals surface area (Å²) in [6.45, 7) is 0. The molecule has 0 atom stereocenters. The Morgan fingerprint density at radius 2 is 1.79 bits per heavy atom. The maximum atomic E-state index is 13.3. The number of hydrogen-bond acceptors (Lipinski definition) is 5. The molecule has 2 aromatic rings. The molecule has 6 heteroatoms. The zero-order valence-electron chi connectivity index (χ0n) is 13.1. The lowest BCUT2D eigenvalue weighted by Gasteiger charge is -2.05. The summed E-state index contributed by atoms with van der Waals surface area (Å²) in [6.07, 6.45) is 1.56. The summed E-state index contributed by atoms with van der Waals surface area (Å²) in [5, 5.41) is 0. The lowest BCUT2D eigenvalue weighted by molar-refractivity contribution is -0.129. The number of ether oxygens (including phenoxy) is 3. The van der Waals surface area contributed by atoms with Gasteiger partial charge in [-0.15, -0.1) is 0 Å². The first-order valence-corrected chi connectivity index (χ1v) is 7.10. The Balaban J connectivity index is 1.97. The van der Waals surface area contributed by atoms with E-state index in [0.717, 1.165) is 0 Å². The third-order valence-electron chi connectivity index (χ3n) is 3.37. The van der Waals surface area contributed by atoms with E-state index in [9.17, 15) is 9.18 Å². The average molecular weight is 327 g/mol. The summed E-state index contributed by atoms with van der Waals surface area (Å²) in [7, 11) is 3.07. The minimum atomic E-state index is -0.601. The minimum absolute atomic E-state index is 0.0700. The fraction of sp³-hybridized carbons (Fsp3) is 0.111.